The molecule has 0 atom stereocenters. The van der Waals surface area contributed by atoms with Crippen molar-refractivity contribution in [2.24, 2.45) is 5.14 Å². The normalized spacial score (nSPS) is 13.6. The number of rotatable bonds is 2. The average molecular weight is 321 g/mol. The monoisotopic (exact) mass is 321 g/mol. The maximum atomic E-state index is 12.9. The fourth-order valence-electron chi connectivity index (χ4n) is 1.75. The number of nitrogens with two attached hydrogens (primary N) is 1. The molecule has 0 fully saturated rings. The highest BCUT2D eigenvalue weighted by Gasteiger charge is 2.47. The highest BCUT2D eigenvalue weighted by atomic mass is 32.2. The van der Waals surface area contributed by atoms with Crippen LogP contribution in [0, 0.1) is 0 Å². The van der Waals surface area contributed by atoms with Gasteiger partial charge in [-0.05, 0) is 18.1 Å². The molecule has 1 rings (SSSR count). The Morgan fingerprint density at radius 2 is 1.55 bits per heavy atom. The van der Waals surface area contributed by atoms with Crippen LogP contribution in [-0.4, -0.2) is 8.42 Å². The van der Waals surface area contributed by atoms with Crippen LogP contribution < -0.4 is 5.14 Å². The summed E-state index contributed by atoms with van der Waals surface area (Å²) in [5.41, 5.74) is -4.77. The first kappa shape index (κ1) is 16.8. The first-order valence-corrected chi connectivity index (χ1v) is 6.67. The van der Waals surface area contributed by atoms with E-state index in [2.05, 4.69) is 5.14 Å². The molecular weight excluding hydrogens is 312 g/mol. The van der Waals surface area contributed by atoms with Gasteiger partial charge in [0.25, 0.3) is 0 Å². The molecule has 0 aliphatic heterocycles. The Balaban J connectivity index is 3.97. The molecule has 0 spiro atoms. The predicted octanol–water partition coefficient (Wildman–Crippen LogP) is 2.93. The number of alkyl halides is 6. The van der Waals surface area contributed by atoms with Crippen molar-refractivity contribution in [3.8, 4) is 0 Å². The third-order valence-electron chi connectivity index (χ3n) is 2.49. The quantitative estimate of drug-likeness (QED) is 0.852. The number of halogens is 6. The third kappa shape index (κ3) is 3.23. The molecule has 0 aliphatic rings. The molecule has 0 heterocycles. The number of benzene rings is 1. The lowest BCUT2D eigenvalue weighted by molar-refractivity contribution is -0.163. The van der Waals surface area contributed by atoms with Gasteiger partial charge in [-0.2, -0.15) is 26.3 Å². The first-order valence-electron chi connectivity index (χ1n) is 5.13. The maximum Gasteiger partial charge on any atom is 0.418 e. The zero-order valence-corrected chi connectivity index (χ0v) is 10.7. The highest BCUT2D eigenvalue weighted by Crippen LogP contribution is 2.44. The molecule has 0 radical (unpaired) electrons. The molecule has 2 N–H and O–H groups in total. The molecule has 20 heavy (non-hydrogen) atoms. The number of sulfonamides is 1. The van der Waals surface area contributed by atoms with Crippen molar-refractivity contribution in [1.29, 1.82) is 0 Å². The van der Waals surface area contributed by atoms with Crippen LogP contribution in [0.2, 0.25) is 0 Å². The Bertz CT molecular complexity index is 618. The minimum absolute atomic E-state index is 0.205. The van der Waals surface area contributed by atoms with Crippen molar-refractivity contribution in [2.75, 3.05) is 0 Å². The molecule has 0 bridgehead atoms. The van der Waals surface area contributed by atoms with Crippen LogP contribution in [0.3, 0.4) is 0 Å². The molecule has 0 saturated carbocycles. The fraction of sp³-hybridized carbons (Fsp3) is 0.400. The molecule has 1 aromatic carbocycles. The van der Waals surface area contributed by atoms with E-state index in [1.54, 1.807) is 0 Å². The van der Waals surface area contributed by atoms with E-state index in [0.29, 0.717) is 6.07 Å². The van der Waals surface area contributed by atoms with Crippen LogP contribution in [0.15, 0.2) is 17.0 Å². The van der Waals surface area contributed by atoms with Crippen LogP contribution in [0.4, 0.5) is 26.3 Å². The summed E-state index contributed by atoms with van der Waals surface area (Å²) >= 11 is 0. The van der Waals surface area contributed by atoms with E-state index in [0.717, 1.165) is 0 Å². The van der Waals surface area contributed by atoms with Gasteiger partial charge in [-0.25, -0.2) is 13.6 Å². The third-order valence-corrected chi connectivity index (χ3v) is 3.53. The second kappa shape index (κ2) is 4.92. The van der Waals surface area contributed by atoms with Gasteiger partial charge in [-0.1, -0.05) is 13.0 Å². The average Bonchev–Trinajstić information content (AvgIpc) is 2.23. The number of hydrogen-bond acceptors (Lipinski definition) is 2. The number of hydrogen-bond donors (Lipinski definition) is 1. The summed E-state index contributed by atoms with van der Waals surface area (Å²) in [6.45, 7) is 1.30. The summed E-state index contributed by atoms with van der Waals surface area (Å²) in [6.07, 6.45) is -11.1. The van der Waals surface area contributed by atoms with Crippen molar-refractivity contribution in [3.63, 3.8) is 0 Å². The topological polar surface area (TPSA) is 60.2 Å². The van der Waals surface area contributed by atoms with E-state index in [1.165, 1.54) is 6.92 Å². The zero-order valence-electron chi connectivity index (χ0n) is 9.93. The minimum Gasteiger partial charge on any atom is -0.225 e. The fourth-order valence-corrected chi connectivity index (χ4v) is 2.83. The highest BCUT2D eigenvalue weighted by molar-refractivity contribution is 7.89. The standard InChI is InChI=1S/C10H9F6NO2S/c1-2-5-3-4-6(9(11,12)13)7(10(14,15)16)8(5)20(17,18)19/h3-4H,2H2,1H3,(H2,17,18,19). The van der Waals surface area contributed by atoms with E-state index in [1.807, 2.05) is 0 Å². The van der Waals surface area contributed by atoms with Gasteiger partial charge in [0.15, 0.2) is 0 Å². The molecule has 0 amide bonds. The summed E-state index contributed by atoms with van der Waals surface area (Å²) in [5, 5.41) is 4.65. The zero-order chi connectivity index (χ0) is 15.9. The van der Waals surface area contributed by atoms with Gasteiger partial charge in [0.2, 0.25) is 10.0 Å². The van der Waals surface area contributed by atoms with Gasteiger partial charge in [0, 0.05) is 0 Å². The van der Waals surface area contributed by atoms with Crippen molar-refractivity contribution in [2.45, 2.75) is 30.6 Å². The Labute approximate surface area is 110 Å². The van der Waals surface area contributed by atoms with Gasteiger partial charge < -0.3 is 0 Å². The van der Waals surface area contributed by atoms with Crippen LogP contribution >= 0.6 is 0 Å². The molecule has 1 aromatic rings. The van der Waals surface area contributed by atoms with Gasteiger partial charge in [0.05, 0.1) is 16.0 Å². The van der Waals surface area contributed by atoms with Gasteiger partial charge >= 0.3 is 12.4 Å². The van der Waals surface area contributed by atoms with E-state index in [9.17, 15) is 34.8 Å². The molecule has 0 unspecified atom stereocenters. The summed E-state index contributed by atoms with van der Waals surface area (Å²) in [4.78, 5) is -1.53. The van der Waals surface area contributed by atoms with Gasteiger partial charge in [-0.15, -0.1) is 0 Å². The minimum atomic E-state index is -5.50. The van der Waals surface area contributed by atoms with E-state index in [4.69, 9.17) is 0 Å². The van der Waals surface area contributed by atoms with Crippen molar-refractivity contribution >= 4 is 10.0 Å². The summed E-state index contributed by atoms with van der Waals surface area (Å²) < 4.78 is 99.1. The van der Waals surface area contributed by atoms with Gasteiger partial charge in [-0.3, -0.25) is 0 Å². The lowest BCUT2D eigenvalue weighted by Crippen LogP contribution is -2.25. The van der Waals surface area contributed by atoms with E-state index < -0.39 is 44.0 Å². The molecule has 3 nitrogen and oxygen atoms in total. The largest absolute Gasteiger partial charge is 0.418 e. The molecule has 114 valence electrons. The van der Waals surface area contributed by atoms with E-state index in [-0.39, 0.29) is 12.5 Å². The van der Waals surface area contributed by atoms with Crippen LogP contribution in [0.5, 0.6) is 0 Å². The lowest BCUT2D eigenvalue weighted by Gasteiger charge is -2.20. The summed E-state index contributed by atoms with van der Waals surface area (Å²) in [5.74, 6) is 0. The lowest BCUT2D eigenvalue weighted by atomic mass is 10.0. The van der Waals surface area contributed by atoms with Crippen LogP contribution in [-0.2, 0) is 28.8 Å². The molecule has 0 saturated heterocycles. The summed E-state index contributed by atoms with van der Waals surface area (Å²) in [7, 11) is -4.96. The van der Waals surface area contributed by atoms with Crippen molar-refractivity contribution < 1.29 is 34.8 Å². The number of primary sulfonamides is 1. The number of aryl methyl sites for hydroxylation is 1. The SMILES string of the molecule is CCc1ccc(C(F)(F)F)c(C(F)(F)F)c1S(N)(=O)=O. The maximum absolute atomic E-state index is 12.9. The van der Waals surface area contributed by atoms with Gasteiger partial charge in [0.1, 0.15) is 0 Å². The smallest absolute Gasteiger partial charge is 0.225 e. The van der Waals surface area contributed by atoms with Crippen LogP contribution in [0.1, 0.15) is 23.6 Å². The van der Waals surface area contributed by atoms with Crippen molar-refractivity contribution in [3.05, 3.63) is 28.8 Å². The Morgan fingerprint density at radius 3 is 1.85 bits per heavy atom. The Morgan fingerprint density at radius 1 is 1.05 bits per heavy atom. The first-order chi connectivity index (χ1) is 8.80. The Kier molecular flexibility index (Phi) is 4.12. The molecule has 0 aromatic heterocycles. The molecule has 0 aliphatic carbocycles. The van der Waals surface area contributed by atoms with Crippen molar-refractivity contribution in [1.82, 2.24) is 0 Å². The Hall–Kier alpha value is -1.29. The second-order valence-electron chi connectivity index (χ2n) is 3.87. The predicted molar refractivity (Wildman–Crippen MR) is 57.2 cm³/mol. The molecular formula is C10H9F6NO2S. The van der Waals surface area contributed by atoms with Crippen LogP contribution in [0.25, 0.3) is 0 Å². The summed E-state index contributed by atoms with van der Waals surface area (Å²) in [6, 6.07) is 0.883. The second-order valence-corrected chi connectivity index (χ2v) is 5.37. The molecule has 10 heteroatoms. The van der Waals surface area contributed by atoms with E-state index >= 15 is 0 Å².